The van der Waals surface area contributed by atoms with Gasteiger partial charge < -0.3 is 35.7 Å². The van der Waals surface area contributed by atoms with Crippen molar-refractivity contribution in [2.24, 2.45) is 23.0 Å². The van der Waals surface area contributed by atoms with Crippen molar-refractivity contribution in [3.05, 3.63) is 23.8 Å². The average Bonchev–Trinajstić information content (AvgIpc) is 3.33. The fraction of sp³-hybridized carbons (Fsp3) is 0.704. The predicted molar refractivity (Wildman–Crippen MR) is 139 cm³/mol. The number of amides is 2. The van der Waals surface area contributed by atoms with Crippen LogP contribution in [-0.4, -0.2) is 63.0 Å². The van der Waals surface area contributed by atoms with E-state index in [1.54, 1.807) is 28.1 Å². The van der Waals surface area contributed by atoms with Gasteiger partial charge in [-0.25, -0.2) is 0 Å². The van der Waals surface area contributed by atoms with E-state index in [4.69, 9.17) is 19.9 Å². The second-order valence-corrected chi connectivity index (χ2v) is 10.6. The van der Waals surface area contributed by atoms with Crippen LogP contribution >= 0.6 is 0 Å². The number of hydrogen-bond donors (Lipinski definition) is 4. The Bertz CT molecular complexity index is 860. The van der Waals surface area contributed by atoms with Crippen molar-refractivity contribution in [3.63, 3.8) is 0 Å². The number of carbonyl (C=O) groups excluding carboxylic acids is 2. The van der Waals surface area contributed by atoms with Crippen molar-refractivity contribution in [3.8, 4) is 11.5 Å². The summed E-state index contributed by atoms with van der Waals surface area (Å²) in [5.74, 6) is 0.388. The minimum Gasteiger partial charge on any atom is -0.493 e. The highest BCUT2D eigenvalue weighted by atomic mass is 16.5. The normalized spacial score (nSPS) is 19.7. The summed E-state index contributed by atoms with van der Waals surface area (Å²) in [5, 5.41) is 17.4. The van der Waals surface area contributed by atoms with Gasteiger partial charge in [-0.05, 0) is 56.7 Å². The Labute approximate surface area is 215 Å². The molecule has 1 aliphatic rings. The minimum atomic E-state index is -0.833. The number of benzene rings is 1. The molecular formula is C27H45N3O6. The molecule has 1 aliphatic heterocycles. The summed E-state index contributed by atoms with van der Waals surface area (Å²) in [6.07, 6.45) is 2.09. The highest BCUT2D eigenvalue weighted by Gasteiger charge is 2.35. The fourth-order valence-electron chi connectivity index (χ4n) is 4.38. The number of nitrogens with one attached hydrogen (secondary N) is 2. The fourth-order valence-corrected chi connectivity index (χ4v) is 4.38. The van der Waals surface area contributed by atoms with Crippen LogP contribution in [0.4, 0.5) is 0 Å². The number of nitrogens with two attached hydrogens (primary N) is 1. The molecule has 4 atom stereocenters. The van der Waals surface area contributed by atoms with Crippen molar-refractivity contribution in [1.29, 1.82) is 0 Å². The molecule has 0 radical (unpaired) electrons. The number of ether oxygens (including phenoxy) is 3. The molecule has 0 aliphatic carbocycles. The van der Waals surface area contributed by atoms with E-state index in [2.05, 4.69) is 10.6 Å². The molecule has 0 aromatic heterocycles. The third-order valence-electron chi connectivity index (χ3n) is 7.00. The van der Waals surface area contributed by atoms with Gasteiger partial charge in [-0.1, -0.05) is 19.9 Å². The third-order valence-corrected chi connectivity index (χ3v) is 7.00. The quantitative estimate of drug-likeness (QED) is 0.268. The lowest BCUT2D eigenvalue weighted by Gasteiger charge is -2.28. The molecule has 9 heteroatoms. The summed E-state index contributed by atoms with van der Waals surface area (Å²) in [4.78, 5) is 24.5. The average molecular weight is 508 g/mol. The van der Waals surface area contributed by atoms with Gasteiger partial charge in [-0.15, -0.1) is 0 Å². The molecule has 2 amide bonds. The van der Waals surface area contributed by atoms with Crippen LogP contribution in [0.25, 0.3) is 0 Å². The Morgan fingerprint density at radius 1 is 1.19 bits per heavy atom. The van der Waals surface area contributed by atoms with Gasteiger partial charge in [0.2, 0.25) is 11.8 Å². The van der Waals surface area contributed by atoms with E-state index in [9.17, 15) is 14.7 Å². The molecule has 1 unspecified atom stereocenters. The number of primary amides is 1. The highest BCUT2D eigenvalue weighted by molar-refractivity contribution is 5.83. The molecule has 0 spiro atoms. The summed E-state index contributed by atoms with van der Waals surface area (Å²) in [7, 11) is 3.28. The summed E-state index contributed by atoms with van der Waals surface area (Å²) in [6.45, 7) is 8.66. The Balaban J connectivity index is 1.99. The van der Waals surface area contributed by atoms with Gasteiger partial charge >= 0.3 is 0 Å². The first kappa shape index (κ1) is 29.9. The Morgan fingerprint density at radius 2 is 1.92 bits per heavy atom. The number of aliphatic hydroxyl groups excluding tert-OH is 1. The SMILES string of the molecule is COCCCOc1cc(C2CC[C@@H]([C@@H](O)C[C@H](C(=O)NCC(C)(C)C(N)=O)C(C)C)N2)ccc1OC. The molecule has 1 heterocycles. The molecule has 1 aromatic rings. The number of carbonyl (C=O) groups is 2. The summed E-state index contributed by atoms with van der Waals surface area (Å²) in [5.41, 5.74) is 5.66. The van der Waals surface area contributed by atoms with E-state index < -0.39 is 17.4 Å². The van der Waals surface area contributed by atoms with Crippen LogP contribution < -0.4 is 25.8 Å². The first-order valence-corrected chi connectivity index (χ1v) is 12.8. The van der Waals surface area contributed by atoms with E-state index >= 15 is 0 Å². The van der Waals surface area contributed by atoms with E-state index in [1.807, 2.05) is 32.0 Å². The van der Waals surface area contributed by atoms with Crippen LogP contribution in [0.3, 0.4) is 0 Å². The minimum absolute atomic E-state index is 0.0351. The van der Waals surface area contributed by atoms with Crippen LogP contribution in [0.1, 0.15) is 65.0 Å². The van der Waals surface area contributed by atoms with E-state index in [-0.39, 0.29) is 36.4 Å². The summed E-state index contributed by atoms with van der Waals surface area (Å²) in [6, 6.07) is 5.85. The zero-order chi connectivity index (χ0) is 26.9. The molecule has 2 rings (SSSR count). The van der Waals surface area contributed by atoms with Crippen molar-refractivity contribution in [2.75, 3.05) is 34.0 Å². The van der Waals surface area contributed by atoms with Crippen LogP contribution in [0.15, 0.2) is 18.2 Å². The number of methoxy groups -OCH3 is 2. The molecule has 5 N–H and O–H groups in total. The van der Waals surface area contributed by atoms with E-state index in [1.165, 1.54) is 0 Å². The van der Waals surface area contributed by atoms with Gasteiger partial charge in [0.15, 0.2) is 11.5 Å². The van der Waals surface area contributed by atoms with Crippen molar-refractivity contribution >= 4 is 11.8 Å². The largest absolute Gasteiger partial charge is 0.493 e. The lowest BCUT2D eigenvalue weighted by Crippen LogP contribution is -2.46. The molecule has 1 fully saturated rings. The van der Waals surface area contributed by atoms with Gasteiger partial charge in [0.25, 0.3) is 0 Å². The lowest BCUT2D eigenvalue weighted by atomic mass is 9.86. The summed E-state index contributed by atoms with van der Waals surface area (Å²) < 4.78 is 16.4. The van der Waals surface area contributed by atoms with Gasteiger partial charge in [0, 0.05) is 44.7 Å². The zero-order valence-corrected chi connectivity index (χ0v) is 22.6. The standard InChI is InChI=1S/C27H45N3O6/c1-17(2)19(25(32)29-16-27(3,4)26(28)33)15-22(31)21-10-9-20(30-21)18-8-11-23(35-6)24(14-18)36-13-7-12-34-5/h8,11,14,17,19-22,30-31H,7,9-10,12-13,15-16H2,1-6H3,(H2,28,33)(H,29,32)/t19-,20?,21-,22-/m0/s1. The Morgan fingerprint density at radius 3 is 2.53 bits per heavy atom. The second-order valence-electron chi connectivity index (χ2n) is 10.6. The topological polar surface area (TPSA) is 132 Å². The molecule has 36 heavy (non-hydrogen) atoms. The molecule has 204 valence electrons. The Kier molecular flexibility index (Phi) is 11.5. The van der Waals surface area contributed by atoms with E-state index in [0.717, 1.165) is 24.8 Å². The monoisotopic (exact) mass is 507 g/mol. The van der Waals surface area contributed by atoms with Crippen LogP contribution in [0, 0.1) is 17.3 Å². The van der Waals surface area contributed by atoms with E-state index in [0.29, 0.717) is 31.1 Å². The van der Waals surface area contributed by atoms with Crippen molar-refractivity contribution in [1.82, 2.24) is 10.6 Å². The maximum Gasteiger partial charge on any atom is 0.224 e. The maximum absolute atomic E-state index is 12.9. The van der Waals surface area contributed by atoms with Gasteiger partial charge in [-0.2, -0.15) is 0 Å². The summed E-state index contributed by atoms with van der Waals surface area (Å²) >= 11 is 0. The first-order chi connectivity index (χ1) is 17.0. The highest BCUT2D eigenvalue weighted by Crippen LogP contribution is 2.35. The molecule has 9 nitrogen and oxygen atoms in total. The molecule has 0 saturated carbocycles. The van der Waals surface area contributed by atoms with Crippen molar-refractivity contribution < 1.29 is 28.9 Å². The zero-order valence-electron chi connectivity index (χ0n) is 22.6. The molecule has 1 aromatic carbocycles. The lowest BCUT2D eigenvalue weighted by molar-refractivity contribution is -0.130. The number of hydrogen-bond acceptors (Lipinski definition) is 7. The molecular weight excluding hydrogens is 462 g/mol. The van der Waals surface area contributed by atoms with Crippen LogP contribution in [-0.2, 0) is 14.3 Å². The van der Waals surface area contributed by atoms with Gasteiger partial charge in [-0.3, -0.25) is 9.59 Å². The Hall–Kier alpha value is -2.36. The number of rotatable bonds is 15. The van der Waals surface area contributed by atoms with Crippen molar-refractivity contribution in [2.45, 2.75) is 71.6 Å². The predicted octanol–water partition coefficient (Wildman–Crippen LogP) is 2.55. The smallest absolute Gasteiger partial charge is 0.224 e. The second kappa shape index (κ2) is 13.8. The first-order valence-electron chi connectivity index (χ1n) is 12.8. The maximum atomic E-state index is 12.9. The molecule has 1 saturated heterocycles. The van der Waals surface area contributed by atoms with Gasteiger partial charge in [0.1, 0.15) is 0 Å². The third kappa shape index (κ3) is 8.35. The van der Waals surface area contributed by atoms with Crippen LogP contribution in [0.5, 0.6) is 11.5 Å². The van der Waals surface area contributed by atoms with Gasteiger partial charge in [0.05, 0.1) is 25.2 Å². The number of aliphatic hydroxyl groups is 1. The molecule has 0 bridgehead atoms. The van der Waals surface area contributed by atoms with Crippen LogP contribution in [0.2, 0.25) is 0 Å².